The van der Waals surface area contributed by atoms with E-state index in [9.17, 15) is 28.7 Å². The van der Waals surface area contributed by atoms with E-state index in [0.717, 1.165) is 0 Å². The van der Waals surface area contributed by atoms with Gasteiger partial charge in [0.05, 0.1) is 18.9 Å². The summed E-state index contributed by atoms with van der Waals surface area (Å²) >= 11 is 0. The molecule has 1 aromatic heterocycles. The van der Waals surface area contributed by atoms with Crippen LogP contribution in [0.25, 0.3) is 0 Å². The second-order valence-corrected chi connectivity index (χ2v) is 7.79. The number of aryl methyl sites for hydroxylation is 1. The predicted molar refractivity (Wildman–Crippen MR) is 121 cm³/mol. The van der Waals surface area contributed by atoms with E-state index in [1.165, 1.54) is 0 Å². The summed E-state index contributed by atoms with van der Waals surface area (Å²) in [6.07, 6.45) is 1.71. The molecule has 0 fully saturated rings. The molecule has 2 atom stereocenters. The van der Waals surface area contributed by atoms with Crippen LogP contribution in [0.4, 0.5) is 9.18 Å². The van der Waals surface area contributed by atoms with Crippen LogP contribution in [0.1, 0.15) is 30.5 Å². The molecule has 13 nitrogen and oxygen atoms in total. The molecule has 2 aromatic rings. The largest absolute Gasteiger partial charge is 0.492 e. The van der Waals surface area contributed by atoms with E-state index < -0.39 is 49.1 Å². The summed E-state index contributed by atoms with van der Waals surface area (Å²) in [5, 5.41) is 39.4. The van der Waals surface area contributed by atoms with Crippen LogP contribution in [-0.4, -0.2) is 79.6 Å². The number of carboxylic acids is 3. The van der Waals surface area contributed by atoms with E-state index in [4.69, 9.17) is 14.9 Å². The quantitative estimate of drug-likeness (QED) is 0.217. The Bertz CT molecular complexity index is 1030. The molecule has 0 aliphatic heterocycles. The number of ether oxygens (including phenoxy) is 1. The molecule has 2 rings (SSSR count). The Balaban J connectivity index is 1.84. The second kappa shape index (κ2) is 14.2. The number of alkyl halides is 1. The topological polar surface area (TPSA) is 193 Å². The number of carboxylic acid groups (broad SMARTS) is 3. The zero-order valence-electron chi connectivity index (χ0n) is 19.3. The Morgan fingerprint density at radius 1 is 1.03 bits per heavy atom. The Kier molecular flexibility index (Phi) is 11.1. The minimum atomic E-state index is -1.48. The molecule has 1 heterocycles. The van der Waals surface area contributed by atoms with Gasteiger partial charge in [0, 0.05) is 19.0 Å². The standard InChI is InChI=1S/C22H28FN5O8/c23-9-1-2-15-13-28(27-26-15)10-11-36-16-5-3-14(4-6-16)12-18(21(33)34)25-22(35)24-17(20(31)32)7-8-19(29)30/h3-6,13,17-18H,1-2,7-12H2,(H,29,30)(H,31,32)(H,33,34)(H2,24,25,35)/t17-,18?/m0/s1. The first kappa shape index (κ1) is 28.0. The lowest BCUT2D eigenvalue weighted by Crippen LogP contribution is -2.51. The van der Waals surface area contributed by atoms with Crippen LogP contribution in [0, 0.1) is 0 Å². The van der Waals surface area contributed by atoms with E-state index in [0.29, 0.717) is 36.4 Å². The van der Waals surface area contributed by atoms with Crippen molar-refractivity contribution in [1.29, 1.82) is 0 Å². The molecular weight excluding hydrogens is 481 g/mol. The number of benzene rings is 1. The van der Waals surface area contributed by atoms with Crippen LogP contribution >= 0.6 is 0 Å². The number of nitrogens with zero attached hydrogens (tertiary/aromatic N) is 3. The van der Waals surface area contributed by atoms with E-state index in [2.05, 4.69) is 20.9 Å². The predicted octanol–water partition coefficient (Wildman–Crippen LogP) is 0.872. The molecule has 1 unspecified atom stereocenters. The van der Waals surface area contributed by atoms with Crippen molar-refractivity contribution in [1.82, 2.24) is 25.6 Å². The molecule has 0 saturated carbocycles. The fraction of sp³-hybridized carbons (Fsp3) is 0.455. The van der Waals surface area contributed by atoms with Crippen LogP contribution in [0.3, 0.4) is 0 Å². The van der Waals surface area contributed by atoms with E-state index >= 15 is 0 Å². The number of urea groups is 1. The highest BCUT2D eigenvalue weighted by Gasteiger charge is 2.25. The summed E-state index contributed by atoms with van der Waals surface area (Å²) in [6.45, 7) is 0.299. The Labute approximate surface area is 205 Å². The Morgan fingerprint density at radius 2 is 1.69 bits per heavy atom. The normalized spacial score (nSPS) is 12.4. The average molecular weight is 509 g/mol. The third kappa shape index (κ3) is 9.95. The highest BCUT2D eigenvalue weighted by atomic mass is 19.1. The maximum absolute atomic E-state index is 12.2. The molecule has 36 heavy (non-hydrogen) atoms. The van der Waals surface area contributed by atoms with Crippen LogP contribution in [-0.2, 0) is 33.8 Å². The van der Waals surface area contributed by atoms with Crippen molar-refractivity contribution in [2.75, 3.05) is 13.3 Å². The summed E-state index contributed by atoms with van der Waals surface area (Å²) in [5.41, 5.74) is 1.27. The number of nitrogens with one attached hydrogen (secondary N) is 2. The van der Waals surface area contributed by atoms with Crippen molar-refractivity contribution in [2.24, 2.45) is 0 Å². The molecule has 0 saturated heterocycles. The lowest BCUT2D eigenvalue weighted by atomic mass is 10.1. The van der Waals surface area contributed by atoms with Crippen molar-refractivity contribution in [2.45, 2.75) is 50.7 Å². The number of aliphatic carboxylic acids is 3. The smallest absolute Gasteiger partial charge is 0.326 e. The van der Waals surface area contributed by atoms with Gasteiger partial charge in [-0.15, -0.1) is 5.10 Å². The van der Waals surface area contributed by atoms with Crippen molar-refractivity contribution >= 4 is 23.9 Å². The fourth-order valence-electron chi connectivity index (χ4n) is 3.11. The highest BCUT2D eigenvalue weighted by Crippen LogP contribution is 2.14. The van der Waals surface area contributed by atoms with Crippen LogP contribution in [0.15, 0.2) is 30.5 Å². The molecule has 0 radical (unpaired) electrons. The van der Waals surface area contributed by atoms with Gasteiger partial charge in [-0.3, -0.25) is 9.18 Å². The molecule has 0 spiro atoms. The number of hydrogen-bond acceptors (Lipinski definition) is 7. The van der Waals surface area contributed by atoms with Crippen molar-refractivity contribution in [3.63, 3.8) is 0 Å². The van der Waals surface area contributed by atoms with Crippen molar-refractivity contribution < 1.29 is 43.6 Å². The van der Waals surface area contributed by atoms with Crippen LogP contribution in [0.5, 0.6) is 5.75 Å². The van der Waals surface area contributed by atoms with Gasteiger partial charge in [0.1, 0.15) is 24.4 Å². The van der Waals surface area contributed by atoms with Crippen molar-refractivity contribution in [3.8, 4) is 5.75 Å². The van der Waals surface area contributed by atoms with Gasteiger partial charge in [-0.25, -0.2) is 19.1 Å². The summed E-state index contributed by atoms with van der Waals surface area (Å²) in [7, 11) is 0. The fourth-order valence-corrected chi connectivity index (χ4v) is 3.11. The van der Waals surface area contributed by atoms with E-state index in [-0.39, 0.29) is 19.4 Å². The third-order valence-corrected chi connectivity index (χ3v) is 4.96. The lowest BCUT2D eigenvalue weighted by Gasteiger charge is -2.18. The van der Waals surface area contributed by atoms with Gasteiger partial charge in [-0.2, -0.15) is 0 Å². The number of hydrogen-bond donors (Lipinski definition) is 5. The lowest BCUT2D eigenvalue weighted by molar-refractivity contribution is -0.140. The number of carbonyl (C=O) groups excluding carboxylic acids is 1. The van der Waals surface area contributed by atoms with Gasteiger partial charge >= 0.3 is 23.9 Å². The Morgan fingerprint density at radius 3 is 2.31 bits per heavy atom. The van der Waals surface area contributed by atoms with E-state index in [1.54, 1.807) is 35.1 Å². The maximum atomic E-state index is 12.2. The number of rotatable bonds is 16. The molecule has 0 bridgehead atoms. The number of carbonyl (C=O) groups is 4. The molecular formula is C22H28FN5O8. The minimum Gasteiger partial charge on any atom is -0.492 e. The summed E-state index contributed by atoms with van der Waals surface area (Å²) in [6, 6.07) is 2.64. The molecule has 5 N–H and O–H groups in total. The number of aromatic nitrogens is 3. The number of halogens is 1. The second-order valence-electron chi connectivity index (χ2n) is 7.79. The first-order valence-corrected chi connectivity index (χ1v) is 11.1. The first-order valence-electron chi connectivity index (χ1n) is 11.1. The summed E-state index contributed by atoms with van der Waals surface area (Å²) < 4.78 is 19.5. The molecule has 2 amide bonds. The zero-order chi connectivity index (χ0) is 26.5. The maximum Gasteiger partial charge on any atom is 0.326 e. The molecule has 14 heteroatoms. The number of amides is 2. The van der Waals surface area contributed by atoms with Crippen molar-refractivity contribution in [3.05, 3.63) is 41.7 Å². The Hall–Kier alpha value is -4.23. The van der Waals surface area contributed by atoms with Crippen LogP contribution in [0.2, 0.25) is 0 Å². The molecule has 0 aliphatic rings. The third-order valence-electron chi connectivity index (χ3n) is 4.96. The molecule has 196 valence electrons. The monoisotopic (exact) mass is 509 g/mol. The van der Waals surface area contributed by atoms with Gasteiger partial charge in [0.2, 0.25) is 0 Å². The van der Waals surface area contributed by atoms with Gasteiger partial charge in [0.15, 0.2) is 0 Å². The molecule has 1 aromatic carbocycles. The van der Waals surface area contributed by atoms with Gasteiger partial charge in [-0.1, -0.05) is 17.3 Å². The molecule has 0 aliphatic carbocycles. The first-order chi connectivity index (χ1) is 17.2. The summed E-state index contributed by atoms with van der Waals surface area (Å²) in [5.74, 6) is -3.47. The highest BCUT2D eigenvalue weighted by molar-refractivity contribution is 5.86. The SMILES string of the molecule is O=C(O)CC[C@H](NC(=O)NC(Cc1ccc(OCCn2cc(CCCF)nn2)cc1)C(=O)O)C(=O)O. The minimum absolute atomic E-state index is 0.0868. The average Bonchev–Trinajstić information content (AvgIpc) is 3.28. The van der Waals surface area contributed by atoms with Gasteiger partial charge in [-0.05, 0) is 37.0 Å². The van der Waals surface area contributed by atoms with Crippen LogP contribution < -0.4 is 15.4 Å². The van der Waals surface area contributed by atoms with Gasteiger partial charge in [0.25, 0.3) is 0 Å². The zero-order valence-corrected chi connectivity index (χ0v) is 19.3. The summed E-state index contributed by atoms with van der Waals surface area (Å²) in [4.78, 5) is 45.5. The van der Waals surface area contributed by atoms with Gasteiger partial charge < -0.3 is 30.7 Å². The van der Waals surface area contributed by atoms with E-state index in [1.807, 2.05) is 0 Å².